The molecule has 0 amide bonds. The molecule has 0 aliphatic carbocycles. The molecule has 1 aromatic carbocycles. The Labute approximate surface area is 104 Å². The summed E-state index contributed by atoms with van der Waals surface area (Å²) in [4.78, 5) is 0. The molecule has 0 fully saturated rings. The summed E-state index contributed by atoms with van der Waals surface area (Å²) >= 11 is 3.29. The molecule has 0 spiro atoms. The van der Waals surface area contributed by atoms with Crippen LogP contribution in [-0.4, -0.2) is 24.4 Å². The summed E-state index contributed by atoms with van der Waals surface area (Å²) in [7, 11) is 1.56. The van der Waals surface area contributed by atoms with Crippen LogP contribution in [0.3, 0.4) is 0 Å². The molecule has 0 bridgehead atoms. The van der Waals surface area contributed by atoms with Crippen molar-refractivity contribution in [1.29, 1.82) is 0 Å². The zero-order chi connectivity index (χ0) is 12.2. The lowest BCUT2D eigenvalue weighted by atomic mass is 9.93. The lowest BCUT2D eigenvalue weighted by Crippen LogP contribution is -2.36. The van der Waals surface area contributed by atoms with Gasteiger partial charge in [-0.25, -0.2) is 4.39 Å². The molecule has 1 rings (SSSR count). The monoisotopic (exact) mass is 290 g/mol. The van der Waals surface area contributed by atoms with E-state index >= 15 is 0 Å². The maximum Gasteiger partial charge on any atom is 0.124 e. The van der Waals surface area contributed by atoms with Crippen molar-refractivity contribution in [3.63, 3.8) is 0 Å². The third kappa shape index (κ3) is 3.54. The highest BCUT2D eigenvalue weighted by Crippen LogP contribution is 2.24. The van der Waals surface area contributed by atoms with Crippen molar-refractivity contribution in [2.45, 2.75) is 25.4 Å². The van der Waals surface area contributed by atoms with Crippen LogP contribution in [0.1, 0.15) is 18.9 Å². The average Bonchev–Trinajstić information content (AvgIpc) is 2.23. The molecule has 0 aliphatic rings. The molecule has 0 radical (unpaired) electrons. The van der Waals surface area contributed by atoms with Gasteiger partial charge in [-0.15, -0.1) is 0 Å². The second-order valence-electron chi connectivity index (χ2n) is 3.92. The Morgan fingerprint density at radius 3 is 2.69 bits per heavy atom. The molecule has 0 saturated heterocycles. The van der Waals surface area contributed by atoms with Gasteiger partial charge in [-0.1, -0.05) is 28.9 Å². The smallest absolute Gasteiger partial charge is 0.124 e. The molecule has 4 heteroatoms. The Hall–Kier alpha value is -0.450. The number of rotatable bonds is 5. The van der Waals surface area contributed by atoms with E-state index in [-0.39, 0.29) is 12.4 Å². The van der Waals surface area contributed by atoms with E-state index in [1.807, 2.05) is 6.92 Å². The van der Waals surface area contributed by atoms with Gasteiger partial charge in [-0.2, -0.15) is 0 Å². The summed E-state index contributed by atoms with van der Waals surface area (Å²) in [5, 5.41) is 10.2. The highest BCUT2D eigenvalue weighted by Gasteiger charge is 2.25. The second-order valence-corrected chi connectivity index (χ2v) is 4.78. The van der Waals surface area contributed by atoms with E-state index in [0.717, 1.165) is 5.56 Å². The van der Waals surface area contributed by atoms with Crippen LogP contribution in [0.4, 0.5) is 4.39 Å². The van der Waals surface area contributed by atoms with Crippen molar-refractivity contribution in [2.75, 3.05) is 13.7 Å². The standard InChI is InChI=1S/C12H16BrFO2/c1-3-12(15,8-16-2)7-9-4-5-10(14)6-11(9)13/h4-6,15H,3,7-8H2,1-2H3. The first kappa shape index (κ1) is 13.6. The van der Waals surface area contributed by atoms with E-state index in [1.54, 1.807) is 13.2 Å². The van der Waals surface area contributed by atoms with Gasteiger partial charge in [0.15, 0.2) is 0 Å². The van der Waals surface area contributed by atoms with Crippen LogP contribution in [0.5, 0.6) is 0 Å². The van der Waals surface area contributed by atoms with Crippen molar-refractivity contribution < 1.29 is 14.2 Å². The number of methoxy groups -OCH3 is 1. The maximum absolute atomic E-state index is 12.9. The van der Waals surface area contributed by atoms with Crippen molar-refractivity contribution in [2.24, 2.45) is 0 Å². The zero-order valence-electron chi connectivity index (χ0n) is 9.46. The first-order chi connectivity index (χ1) is 7.50. The lowest BCUT2D eigenvalue weighted by molar-refractivity contribution is -0.0334. The minimum absolute atomic E-state index is 0.271. The Morgan fingerprint density at radius 1 is 1.50 bits per heavy atom. The number of ether oxygens (including phenoxy) is 1. The van der Waals surface area contributed by atoms with Gasteiger partial charge in [0, 0.05) is 18.0 Å². The molecule has 1 aromatic rings. The minimum atomic E-state index is -0.894. The third-order valence-electron chi connectivity index (χ3n) is 2.61. The number of hydrogen-bond acceptors (Lipinski definition) is 2. The van der Waals surface area contributed by atoms with E-state index in [4.69, 9.17) is 4.74 Å². The first-order valence-electron chi connectivity index (χ1n) is 5.16. The fraction of sp³-hybridized carbons (Fsp3) is 0.500. The molecule has 1 N–H and O–H groups in total. The van der Waals surface area contributed by atoms with Gasteiger partial charge in [-0.05, 0) is 24.1 Å². The molecule has 0 aromatic heterocycles. The number of aliphatic hydroxyl groups is 1. The molecule has 1 atom stereocenters. The predicted molar refractivity (Wildman–Crippen MR) is 64.9 cm³/mol. The lowest BCUT2D eigenvalue weighted by Gasteiger charge is -2.26. The van der Waals surface area contributed by atoms with E-state index in [0.29, 0.717) is 17.3 Å². The molecule has 0 heterocycles. The zero-order valence-corrected chi connectivity index (χ0v) is 11.1. The van der Waals surface area contributed by atoms with Crippen molar-refractivity contribution in [3.05, 3.63) is 34.1 Å². The maximum atomic E-state index is 12.9. The van der Waals surface area contributed by atoms with Gasteiger partial charge in [-0.3, -0.25) is 0 Å². The van der Waals surface area contributed by atoms with Gasteiger partial charge in [0.25, 0.3) is 0 Å². The molecule has 16 heavy (non-hydrogen) atoms. The molecule has 0 aliphatic heterocycles. The molecule has 0 saturated carbocycles. The SMILES string of the molecule is CCC(O)(COC)Cc1ccc(F)cc1Br. The van der Waals surface area contributed by atoms with E-state index in [9.17, 15) is 9.50 Å². The number of halogens is 2. The van der Waals surface area contributed by atoms with Gasteiger partial charge in [0.05, 0.1) is 12.2 Å². The Balaban J connectivity index is 2.85. The summed E-state index contributed by atoms with van der Waals surface area (Å²) < 4.78 is 18.6. The normalized spacial score (nSPS) is 14.8. The van der Waals surface area contributed by atoms with Crippen LogP contribution in [0.25, 0.3) is 0 Å². The topological polar surface area (TPSA) is 29.5 Å². The van der Waals surface area contributed by atoms with E-state index in [1.165, 1.54) is 12.1 Å². The van der Waals surface area contributed by atoms with E-state index in [2.05, 4.69) is 15.9 Å². The summed E-state index contributed by atoms with van der Waals surface area (Å²) in [6.07, 6.45) is 1.03. The van der Waals surface area contributed by atoms with Crippen LogP contribution in [0, 0.1) is 5.82 Å². The van der Waals surface area contributed by atoms with Gasteiger partial charge in [0.2, 0.25) is 0 Å². The highest BCUT2D eigenvalue weighted by atomic mass is 79.9. The first-order valence-corrected chi connectivity index (χ1v) is 5.95. The molecule has 1 unspecified atom stereocenters. The molecular weight excluding hydrogens is 275 g/mol. The second kappa shape index (κ2) is 5.75. The highest BCUT2D eigenvalue weighted by molar-refractivity contribution is 9.10. The summed E-state index contributed by atoms with van der Waals surface area (Å²) in [6.45, 7) is 2.17. The van der Waals surface area contributed by atoms with Crippen LogP contribution in [-0.2, 0) is 11.2 Å². The molecular formula is C12H16BrFO2. The fourth-order valence-electron chi connectivity index (χ4n) is 1.57. The number of benzene rings is 1. The van der Waals surface area contributed by atoms with Gasteiger partial charge in [0.1, 0.15) is 5.82 Å². The van der Waals surface area contributed by atoms with Crippen LogP contribution >= 0.6 is 15.9 Å². The van der Waals surface area contributed by atoms with Crippen LogP contribution in [0.15, 0.2) is 22.7 Å². The summed E-state index contributed by atoms with van der Waals surface area (Å²) in [5.41, 5.74) is -0.0162. The van der Waals surface area contributed by atoms with Crippen molar-refractivity contribution in [1.82, 2.24) is 0 Å². The van der Waals surface area contributed by atoms with Crippen LogP contribution in [0.2, 0.25) is 0 Å². The Bertz CT molecular complexity index is 357. The van der Waals surface area contributed by atoms with Crippen molar-refractivity contribution in [3.8, 4) is 0 Å². The molecule has 90 valence electrons. The quantitative estimate of drug-likeness (QED) is 0.904. The van der Waals surface area contributed by atoms with Gasteiger partial charge < -0.3 is 9.84 Å². The van der Waals surface area contributed by atoms with Crippen LogP contribution < -0.4 is 0 Å². The predicted octanol–water partition coefficient (Wildman–Crippen LogP) is 2.92. The Kier molecular flexibility index (Phi) is 4.89. The average molecular weight is 291 g/mol. The largest absolute Gasteiger partial charge is 0.387 e. The fourth-order valence-corrected chi connectivity index (χ4v) is 2.06. The number of hydrogen-bond donors (Lipinski definition) is 1. The minimum Gasteiger partial charge on any atom is -0.387 e. The van der Waals surface area contributed by atoms with Gasteiger partial charge >= 0.3 is 0 Å². The third-order valence-corrected chi connectivity index (χ3v) is 3.34. The molecule has 2 nitrogen and oxygen atoms in total. The van der Waals surface area contributed by atoms with Crippen molar-refractivity contribution >= 4 is 15.9 Å². The summed E-state index contributed by atoms with van der Waals surface area (Å²) in [5.74, 6) is -0.289. The summed E-state index contributed by atoms with van der Waals surface area (Å²) in [6, 6.07) is 4.47. The van der Waals surface area contributed by atoms with E-state index < -0.39 is 5.60 Å². The Morgan fingerprint density at radius 2 is 2.19 bits per heavy atom.